The Kier molecular flexibility index (Phi) is 2.79. The fourth-order valence-corrected chi connectivity index (χ4v) is 2.37. The van der Waals surface area contributed by atoms with Gasteiger partial charge in [0.15, 0.2) is 0 Å². The number of carboxylic acids is 1. The Bertz CT molecular complexity index is 541. The summed E-state index contributed by atoms with van der Waals surface area (Å²) in [5.41, 5.74) is 3.12. The lowest BCUT2D eigenvalue weighted by Crippen LogP contribution is -1.99. The first-order chi connectivity index (χ1) is 7.58. The normalized spacial score (nSPS) is 10.4. The van der Waals surface area contributed by atoms with Gasteiger partial charge in [0.2, 0.25) is 0 Å². The van der Waals surface area contributed by atoms with E-state index in [-0.39, 0.29) is 0 Å². The summed E-state index contributed by atoms with van der Waals surface area (Å²) in [4.78, 5) is 12.3. The number of rotatable bonds is 2. The van der Waals surface area contributed by atoms with Crippen LogP contribution in [-0.2, 0) is 0 Å². The molecule has 16 heavy (non-hydrogen) atoms. The summed E-state index contributed by atoms with van der Waals surface area (Å²) in [5, 5.41) is 11.2. The van der Waals surface area contributed by atoms with Gasteiger partial charge in [-0.05, 0) is 42.5 Å². The smallest absolute Gasteiger partial charge is 0.336 e. The van der Waals surface area contributed by atoms with Crippen LogP contribution in [0.5, 0.6) is 0 Å². The van der Waals surface area contributed by atoms with Crippen LogP contribution in [0.15, 0.2) is 29.6 Å². The van der Waals surface area contributed by atoms with Crippen LogP contribution in [0.3, 0.4) is 0 Å². The first-order valence-corrected chi connectivity index (χ1v) is 5.85. The minimum atomic E-state index is -0.873. The van der Waals surface area contributed by atoms with Crippen molar-refractivity contribution in [3.8, 4) is 11.1 Å². The van der Waals surface area contributed by atoms with Gasteiger partial charge in [-0.25, -0.2) is 4.79 Å². The van der Waals surface area contributed by atoms with Crippen molar-refractivity contribution in [1.82, 2.24) is 0 Å². The van der Waals surface area contributed by atoms with E-state index in [9.17, 15) is 4.79 Å². The molecular weight excluding hydrogens is 220 g/mol. The van der Waals surface area contributed by atoms with Gasteiger partial charge in [-0.2, -0.15) is 0 Å². The number of aromatic carboxylic acids is 1. The van der Waals surface area contributed by atoms with E-state index in [2.05, 4.69) is 0 Å². The third-order valence-electron chi connectivity index (χ3n) is 2.45. The van der Waals surface area contributed by atoms with Crippen molar-refractivity contribution in [2.24, 2.45) is 0 Å². The topological polar surface area (TPSA) is 37.3 Å². The summed E-state index contributed by atoms with van der Waals surface area (Å²) in [5.74, 6) is -0.873. The molecule has 2 nitrogen and oxygen atoms in total. The molecule has 0 bridgehead atoms. The SMILES string of the molecule is Cc1ccc(-c2csc(C)c2)c(C(=O)O)c1. The van der Waals surface area contributed by atoms with E-state index < -0.39 is 5.97 Å². The molecule has 0 radical (unpaired) electrons. The lowest BCUT2D eigenvalue weighted by molar-refractivity contribution is 0.0697. The minimum Gasteiger partial charge on any atom is -0.478 e. The largest absolute Gasteiger partial charge is 0.478 e. The van der Waals surface area contributed by atoms with Crippen molar-refractivity contribution >= 4 is 17.3 Å². The second-order valence-electron chi connectivity index (χ2n) is 3.80. The zero-order valence-corrected chi connectivity index (χ0v) is 9.97. The Labute approximate surface area is 98.2 Å². The molecule has 0 fully saturated rings. The molecule has 1 aromatic carbocycles. The molecule has 1 N–H and O–H groups in total. The zero-order chi connectivity index (χ0) is 11.7. The fraction of sp³-hybridized carbons (Fsp3) is 0.154. The molecule has 2 aromatic rings. The van der Waals surface area contributed by atoms with E-state index in [1.165, 1.54) is 4.88 Å². The highest BCUT2D eigenvalue weighted by atomic mass is 32.1. The van der Waals surface area contributed by atoms with Crippen molar-refractivity contribution in [2.75, 3.05) is 0 Å². The summed E-state index contributed by atoms with van der Waals surface area (Å²) in [7, 11) is 0. The van der Waals surface area contributed by atoms with Crippen LogP contribution in [0.2, 0.25) is 0 Å². The van der Waals surface area contributed by atoms with E-state index in [0.29, 0.717) is 5.56 Å². The highest BCUT2D eigenvalue weighted by molar-refractivity contribution is 7.10. The molecule has 82 valence electrons. The number of carboxylic acid groups (broad SMARTS) is 1. The van der Waals surface area contributed by atoms with Crippen molar-refractivity contribution < 1.29 is 9.90 Å². The summed E-state index contributed by atoms with van der Waals surface area (Å²) in [6.45, 7) is 3.91. The average Bonchev–Trinajstić information content (AvgIpc) is 2.64. The van der Waals surface area contributed by atoms with Crippen LogP contribution in [0.4, 0.5) is 0 Å². The first kappa shape index (κ1) is 10.9. The van der Waals surface area contributed by atoms with Crippen LogP contribution < -0.4 is 0 Å². The van der Waals surface area contributed by atoms with Crippen LogP contribution in [0.1, 0.15) is 20.8 Å². The molecule has 0 aliphatic heterocycles. The molecule has 0 atom stereocenters. The summed E-state index contributed by atoms with van der Waals surface area (Å²) >= 11 is 1.63. The quantitative estimate of drug-likeness (QED) is 0.856. The predicted octanol–water partition coefficient (Wildman–Crippen LogP) is 3.73. The van der Waals surface area contributed by atoms with E-state index >= 15 is 0 Å². The van der Waals surface area contributed by atoms with Gasteiger partial charge < -0.3 is 5.11 Å². The van der Waals surface area contributed by atoms with Crippen molar-refractivity contribution in [2.45, 2.75) is 13.8 Å². The first-order valence-electron chi connectivity index (χ1n) is 4.97. The van der Waals surface area contributed by atoms with Gasteiger partial charge in [-0.1, -0.05) is 17.7 Å². The van der Waals surface area contributed by atoms with Crippen molar-refractivity contribution in [1.29, 1.82) is 0 Å². The Morgan fingerprint density at radius 2 is 2.00 bits per heavy atom. The minimum absolute atomic E-state index is 0.373. The van der Waals surface area contributed by atoms with E-state index in [1.54, 1.807) is 17.4 Å². The molecule has 0 spiro atoms. The van der Waals surface area contributed by atoms with Crippen LogP contribution in [-0.4, -0.2) is 11.1 Å². The molecule has 1 heterocycles. The fourth-order valence-electron chi connectivity index (χ4n) is 1.67. The third kappa shape index (κ3) is 1.99. The molecule has 0 amide bonds. The molecule has 1 aromatic heterocycles. The van der Waals surface area contributed by atoms with Gasteiger partial charge >= 0.3 is 5.97 Å². The molecular formula is C13H12O2S. The maximum Gasteiger partial charge on any atom is 0.336 e. The molecule has 0 saturated heterocycles. The van der Waals surface area contributed by atoms with E-state index in [4.69, 9.17) is 5.11 Å². The Balaban J connectivity index is 2.60. The molecule has 0 aliphatic rings. The Morgan fingerprint density at radius 3 is 2.56 bits per heavy atom. The molecule has 0 aliphatic carbocycles. The van der Waals surface area contributed by atoms with Crippen molar-refractivity contribution in [3.63, 3.8) is 0 Å². The average molecular weight is 232 g/mol. The van der Waals surface area contributed by atoms with Gasteiger partial charge in [-0.15, -0.1) is 11.3 Å². The highest BCUT2D eigenvalue weighted by Crippen LogP contribution is 2.28. The van der Waals surface area contributed by atoms with Gasteiger partial charge in [0, 0.05) is 4.88 Å². The standard InChI is InChI=1S/C13H12O2S/c1-8-3-4-11(12(5-8)13(14)15)10-6-9(2)16-7-10/h3-7H,1-2H3,(H,14,15). The van der Waals surface area contributed by atoms with Gasteiger partial charge in [0.25, 0.3) is 0 Å². The summed E-state index contributed by atoms with van der Waals surface area (Å²) < 4.78 is 0. The predicted molar refractivity (Wildman–Crippen MR) is 66.2 cm³/mol. The van der Waals surface area contributed by atoms with E-state index in [0.717, 1.165) is 16.7 Å². The Morgan fingerprint density at radius 1 is 1.25 bits per heavy atom. The van der Waals surface area contributed by atoms with Gasteiger partial charge in [0.05, 0.1) is 5.56 Å². The Hall–Kier alpha value is -1.61. The second-order valence-corrected chi connectivity index (χ2v) is 4.92. The monoisotopic (exact) mass is 232 g/mol. The van der Waals surface area contributed by atoms with Crippen LogP contribution >= 0.6 is 11.3 Å². The lowest BCUT2D eigenvalue weighted by atomic mass is 10.00. The van der Waals surface area contributed by atoms with E-state index in [1.807, 2.05) is 37.4 Å². The third-order valence-corrected chi connectivity index (χ3v) is 3.31. The lowest BCUT2D eigenvalue weighted by Gasteiger charge is -2.05. The number of aryl methyl sites for hydroxylation is 2. The highest BCUT2D eigenvalue weighted by Gasteiger charge is 2.12. The number of carbonyl (C=O) groups is 1. The maximum atomic E-state index is 11.2. The number of benzene rings is 1. The molecule has 3 heteroatoms. The van der Waals surface area contributed by atoms with Gasteiger partial charge in [0.1, 0.15) is 0 Å². The van der Waals surface area contributed by atoms with Crippen LogP contribution in [0, 0.1) is 13.8 Å². The molecule has 0 saturated carbocycles. The van der Waals surface area contributed by atoms with Crippen molar-refractivity contribution in [3.05, 3.63) is 45.6 Å². The van der Waals surface area contributed by atoms with Gasteiger partial charge in [-0.3, -0.25) is 0 Å². The van der Waals surface area contributed by atoms with Crippen LogP contribution in [0.25, 0.3) is 11.1 Å². The summed E-state index contributed by atoms with van der Waals surface area (Å²) in [6, 6.07) is 7.54. The zero-order valence-electron chi connectivity index (χ0n) is 9.15. The molecule has 2 rings (SSSR count). The maximum absolute atomic E-state index is 11.2. The molecule has 0 unspecified atom stereocenters. The number of hydrogen-bond acceptors (Lipinski definition) is 2. The number of hydrogen-bond donors (Lipinski definition) is 1. The second kappa shape index (κ2) is 4.10. The number of thiophene rings is 1. The summed E-state index contributed by atoms with van der Waals surface area (Å²) in [6.07, 6.45) is 0.